The lowest BCUT2D eigenvalue weighted by atomic mass is 9.80. The molecule has 7 rings (SSSR count). The summed E-state index contributed by atoms with van der Waals surface area (Å²) in [7, 11) is 0. The van der Waals surface area contributed by atoms with Crippen LogP contribution < -0.4 is 11.0 Å². The number of nitrogens with zero attached hydrogens (tertiary/aromatic N) is 2. The molecule has 3 aromatic carbocycles. The van der Waals surface area contributed by atoms with Crippen molar-refractivity contribution >= 4 is 40.7 Å². The lowest BCUT2D eigenvalue weighted by molar-refractivity contribution is -0.154. The summed E-state index contributed by atoms with van der Waals surface area (Å²) in [6.45, 7) is 5.46. The van der Waals surface area contributed by atoms with Gasteiger partial charge in [-0.25, -0.2) is 14.4 Å². The van der Waals surface area contributed by atoms with Gasteiger partial charge in [0.1, 0.15) is 42.2 Å². The molecule has 3 heterocycles. The van der Waals surface area contributed by atoms with Crippen molar-refractivity contribution in [3.05, 3.63) is 112 Å². The summed E-state index contributed by atoms with van der Waals surface area (Å²) in [5, 5.41) is 13.9. The Balaban J connectivity index is 1.10. The molecule has 13 heteroatoms. The molecule has 0 spiro atoms. The number of alkyl carbamates (subject to hydrolysis) is 1. The second-order valence-electron chi connectivity index (χ2n) is 15.1. The molecule has 12 nitrogen and oxygen atoms in total. The average molecular weight is 796 g/mol. The van der Waals surface area contributed by atoms with Gasteiger partial charge in [-0.3, -0.25) is 9.36 Å². The first kappa shape index (κ1) is 39.8. The normalized spacial score (nSPS) is 18.6. The number of nitrogens with one attached hydrogen (secondary N) is 1. The van der Waals surface area contributed by atoms with Gasteiger partial charge in [-0.15, -0.1) is 11.6 Å². The number of carbonyl (C=O) groups excluding carboxylic acids is 2. The summed E-state index contributed by atoms with van der Waals surface area (Å²) >= 11 is 5.81. The Kier molecular flexibility index (Phi) is 11.8. The zero-order valence-electron chi connectivity index (χ0n) is 32.1. The van der Waals surface area contributed by atoms with Crippen molar-refractivity contribution in [2.45, 2.75) is 89.2 Å². The van der Waals surface area contributed by atoms with Crippen molar-refractivity contribution in [1.82, 2.24) is 14.9 Å². The third-order valence-electron chi connectivity index (χ3n) is 11.2. The molecule has 5 aromatic rings. The van der Waals surface area contributed by atoms with E-state index in [0.29, 0.717) is 11.1 Å². The predicted molar refractivity (Wildman–Crippen MR) is 214 cm³/mol. The first-order chi connectivity index (χ1) is 27.5. The number of rotatable bonds is 15. The van der Waals surface area contributed by atoms with E-state index in [0.717, 1.165) is 47.1 Å². The summed E-state index contributed by atoms with van der Waals surface area (Å²) in [5.41, 5.74) is 3.74. The number of ether oxygens (including phenoxy) is 3. The quantitative estimate of drug-likeness (QED) is 0.0601. The Morgan fingerprint density at radius 2 is 1.70 bits per heavy atom. The Morgan fingerprint density at radius 3 is 2.33 bits per heavy atom. The molecular formula is C44H46ClN3O9. The van der Waals surface area contributed by atoms with Crippen LogP contribution in [0.2, 0.25) is 0 Å². The van der Waals surface area contributed by atoms with Crippen molar-refractivity contribution in [2.75, 3.05) is 12.5 Å². The Morgan fingerprint density at radius 1 is 1.02 bits per heavy atom. The number of carboxylic acid groups (broad SMARTS) is 1. The summed E-state index contributed by atoms with van der Waals surface area (Å²) in [5.74, 6) is -2.92. The lowest BCUT2D eigenvalue weighted by Gasteiger charge is -2.36. The SMILES string of the molecule is CCCCCc1ccc(-c2cc3cn([C@H]4C[C@H](OC(=O)CCl)[C@@H](C[C@@](NC(=O)OCC5c6ccccc6-c6ccccc65)(C(=O)O)C(C)C)O4)c(=O)nc3o2)cc1. The molecule has 1 amide bonds. The van der Waals surface area contributed by atoms with E-state index in [1.165, 1.54) is 16.6 Å². The number of hydrogen-bond acceptors (Lipinski definition) is 9. The maximum absolute atomic E-state index is 13.6. The van der Waals surface area contributed by atoms with Crippen LogP contribution in [0.1, 0.15) is 81.7 Å². The summed E-state index contributed by atoms with van der Waals surface area (Å²) in [6.07, 6.45) is 1.66. The number of aromatic nitrogens is 2. The highest BCUT2D eigenvalue weighted by Gasteiger charge is 2.51. The molecule has 1 aliphatic carbocycles. The van der Waals surface area contributed by atoms with Crippen molar-refractivity contribution < 1.29 is 38.1 Å². The van der Waals surface area contributed by atoms with Crippen molar-refractivity contribution in [2.24, 2.45) is 5.92 Å². The minimum atomic E-state index is -1.92. The topological polar surface area (TPSA) is 159 Å². The molecule has 1 saturated heterocycles. The highest BCUT2D eigenvalue weighted by Crippen LogP contribution is 2.45. The molecule has 0 saturated carbocycles. The van der Waals surface area contributed by atoms with Gasteiger partial charge in [0.05, 0.1) is 5.39 Å². The Bertz CT molecular complexity index is 2270. The Labute approximate surface area is 335 Å². The van der Waals surface area contributed by atoms with Crippen LogP contribution in [0.4, 0.5) is 4.79 Å². The van der Waals surface area contributed by atoms with Crippen molar-refractivity contribution in [3.8, 4) is 22.5 Å². The van der Waals surface area contributed by atoms with Crippen LogP contribution in [-0.2, 0) is 30.2 Å². The fourth-order valence-electron chi connectivity index (χ4n) is 8.02. The molecule has 0 bridgehead atoms. The number of aryl methyl sites for hydroxylation is 1. The largest absolute Gasteiger partial charge is 0.479 e. The number of carbonyl (C=O) groups is 3. The molecule has 4 atom stereocenters. The van der Waals surface area contributed by atoms with Crippen LogP contribution in [0.25, 0.3) is 33.6 Å². The van der Waals surface area contributed by atoms with Gasteiger partial charge in [0.15, 0.2) is 0 Å². The van der Waals surface area contributed by atoms with Gasteiger partial charge in [-0.2, -0.15) is 4.98 Å². The average Bonchev–Trinajstić information content (AvgIpc) is 3.89. The summed E-state index contributed by atoms with van der Waals surface area (Å²) in [6, 6.07) is 25.7. The monoisotopic (exact) mass is 795 g/mol. The van der Waals surface area contributed by atoms with Crippen LogP contribution in [0.15, 0.2) is 94.3 Å². The Hall–Kier alpha value is -5.46. The first-order valence-electron chi connectivity index (χ1n) is 19.4. The van der Waals surface area contributed by atoms with E-state index < -0.39 is 59.5 Å². The molecule has 0 unspecified atom stereocenters. The molecule has 2 aliphatic rings. The van der Waals surface area contributed by atoms with Gasteiger partial charge in [0, 0.05) is 30.5 Å². The first-order valence-corrected chi connectivity index (χ1v) is 19.9. The van der Waals surface area contributed by atoms with Crippen LogP contribution >= 0.6 is 11.6 Å². The molecular weight excluding hydrogens is 750 g/mol. The van der Waals surface area contributed by atoms with Crippen LogP contribution in [0.5, 0.6) is 0 Å². The number of unbranched alkanes of at least 4 members (excludes halogenated alkanes) is 2. The van der Waals surface area contributed by atoms with E-state index in [9.17, 15) is 24.3 Å². The smallest absolute Gasteiger partial charge is 0.408 e. The number of furan rings is 1. The minimum Gasteiger partial charge on any atom is -0.479 e. The number of fused-ring (bicyclic) bond motifs is 4. The van der Waals surface area contributed by atoms with Gasteiger partial charge in [-0.1, -0.05) is 106 Å². The van der Waals surface area contributed by atoms with Gasteiger partial charge >= 0.3 is 23.7 Å². The number of esters is 1. The number of hydrogen-bond donors (Lipinski definition) is 2. The zero-order valence-corrected chi connectivity index (χ0v) is 32.9. The van der Waals surface area contributed by atoms with Gasteiger partial charge in [0.25, 0.3) is 0 Å². The number of halogens is 1. The fraction of sp³-hybridized carbons (Fsp3) is 0.386. The highest BCUT2D eigenvalue weighted by atomic mass is 35.5. The minimum absolute atomic E-state index is 0.0106. The second kappa shape index (κ2) is 17.0. The third-order valence-corrected chi connectivity index (χ3v) is 11.4. The maximum Gasteiger partial charge on any atom is 0.408 e. The third kappa shape index (κ3) is 8.20. The van der Waals surface area contributed by atoms with Crippen LogP contribution in [-0.4, -0.2) is 62.9 Å². The number of carboxylic acids is 1. The van der Waals surface area contributed by atoms with E-state index in [2.05, 4.69) is 29.4 Å². The molecule has 1 fully saturated rings. The van der Waals surface area contributed by atoms with Crippen molar-refractivity contribution in [1.29, 1.82) is 0 Å². The molecule has 0 radical (unpaired) electrons. The van der Waals surface area contributed by atoms with E-state index >= 15 is 0 Å². The maximum atomic E-state index is 13.6. The molecule has 2 aromatic heterocycles. The number of aliphatic carboxylic acids is 1. The second-order valence-corrected chi connectivity index (χ2v) is 15.3. The molecule has 1 aliphatic heterocycles. The van der Waals surface area contributed by atoms with E-state index in [1.54, 1.807) is 26.1 Å². The highest BCUT2D eigenvalue weighted by molar-refractivity contribution is 6.26. The molecule has 57 heavy (non-hydrogen) atoms. The van der Waals surface area contributed by atoms with E-state index in [-0.39, 0.29) is 31.1 Å². The zero-order chi connectivity index (χ0) is 40.3. The molecule has 298 valence electrons. The number of benzene rings is 3. The van der Waals surface area contributed by atoms with Gasteiger partial charge in [-0.05, 0) is 52.6 Å². The van der Waals surface area contributed by atoms with Gasteiger partial charge in [0.2, 0.25) is 5.71 Å². The van der Waals surface area contributed by atoms with E-state index in [4.69, 9.17) is 30.2 Å². The molecule has 2 N–H and O–H groups in total. The van der Waals surface area contributed by atoms with Crippen LogP contribution in [0.3, 0.4) is 0 Å². The van der Waals surface area contributed by atoms with Crippen LogP contribution in [0, 0.1) is 5.92 Å². The summed E-state index contributed by atoms with van der Waals surface area (Å²) in [4.78, 5) is 56.8. The number of amides is 1. The standard InChI is InChI=1S/C44H46ClN3O9/c1-4-5-6-11-27-16-18-28(19-17-27)35-20-29-24-48(42(52)46-40(29)57-35)38-21-36(56-39(49)23-45)37(55-38)22-44(26(2)3,41(50)51)47-43(53)54-25-34-32-14-9-7-12-30(32)31-13-8-10-15-33(31)34/h7-10,12-20,24,26,34,36-38H,4-6,11,21-23,25H2,1-3H3,(H,47,53)(H,50,51)/t36-,37+,38+,44-/m0/s1. The predicted octanol–water partition coefficient (Wildman–Crippen LogP) is 8.24. The van der Waals surface area contributed by atoms with Gasteiger partial charge < -0.3 is 29.1 Å². The fourth-order valence-corrected chi connectivity index (χ4v) is 8.08. The van der Waals surface area contributed by atoms with E-state index in [1.807, 2.05) is 60.7 Å². The lowest BCUT2D eigenvalue weighted by Crippen LogP contribution is -2.60. The van der Waals surface area contributed by atoms with Crippen molar-refractivity contribution in [3.63, 3.8) is 0 Å². The summed E-state index contributed by atoms with van der Waals surface area (Å²) < 4.78 is 25.0. The number of alkyl halides is 1.